The van der Waals surface area contributed by atoms with Gasteiger partial charge < -0.3 is 34.3 Å². The largest absolute Gasteiger partial charge is 0.462 e. The van der Waals surface area contributed by atoms with E-state index in [2.05, 4.69) is 62.5 Å². The van der Waals surface area contributed by atoms with Crippen LogP contribution in [0.2, 0.25) is 0 Å². The fourth-order valence-electron chi connectivity index (χ4n) is 7.91. The molecule has 6 atom stereocenters. The van der Waals surface area contributed by atoms with Gasteiger partial charge in [0.05, 0.1) is 6.61 Å². The van der Waals surface area contributed by atoms with Crippen molar-refractivity contribution in [2.75, 3.05) is 19.0 Å². The fraction of sp³-hybridized carbons (Fsp3) is 0.782. The lowest BCUT2D eigenvalue weighted by molar-refractivity contribution is -0.297. The summed E-state index contributed by atoms with van der Waals surface area (Å²) >= 11 is 0. The molecule has 13 heteroatoms. The predicted octanol–water partition coefficient (Wildman–Crippen LogP) is 12.5. The van der Waals surface area contributed by atoms with Gasteiger partial charge in [0, 0.05) is 12.8 Å². The normalized spacial score (nSPS) is 19.6. The molecule has 1 heterocycles. The third-order valence-corrected chi connectivity index (χ3v) is 12.8. The molecule has 0 saturated carbocycles. The van der Waals surface area contributed by atoms with Crippen molar-refractivity contribution in [3.8, 4) is 0 Å². The van der Waals surface area contributed by atoms with E-state index in [1.54, 1.807) is 0 Å². The highest BCUT2D eigenvalue weighted by Gasteiger charge is 2.46. The first-order valence-electron chi connectivity index (χ1n) is 26.8. The van der Waals surface area contributed by atoms with Gasteiger partial charge in [-0.1, -0.05) is 197 Å². The number of aliphatic hydroxyl groups is 3. The van der Waals surface area contributed by atoms with Crippen molar-refractivity contribution in [1.82, 2.24) is 0 Å². The topological polar surface area (TPSA) is 186 Å². The molecule has 0 spiro atoms. The van der Waals surface area contributed by atoms with Crippen LogP contribution in [-0.4, -0.2) is 96.0 Å². The summed E-state index contributed by atoms with van der Waals surface area (Å²) in [7, 11) is -4.62. The summed E-state index contributed by atoms with van der Waals surface area (Å²) in [6, 6.07) is 0. The Morgan fingerprint density at radius 1 is 0.500 bits per heavy atom. The Kier molecular flexibility index (Phi) is 41.3. The van der Waals surface area contributed by atoms with Crippen LogP contribution in [0.3, 0.4) is 0 Å². The summed E-state index contributed by atoms with van der Waals surface area (Å²) in [6.07, 6.45) is 47.1. The summed E-state index contributed by atoms with van der Waals surface area (Å²) in [6.45, 7) is 3.69. The molecule has 0 aromatic rings. The third-order valence-electron chi connectivity index (χ3n) is 12.1. The van der Waals surface area contributed by atoms with Gasteiger partial charge in [0.25, 0.3) is 10.1 Å². The fourth-order valence-corrected chi connectivity index (χ4v) is 8.60. The molecular weight excluding hydrogens is 885 g/mol. The summed E-state index contributed by atoms with van der Waals surface area (Å²) in [5, 5.41) is 31.0. The molecule has 68 heavy (non-hydrogen) atoms. The molecule has 394 valence electrons. The zero-order valence-corrected chi connectivity index (χ0v) is 43.3. The molecule has 1 fully saturated rings. The first-order chi connectivity index (χ1) is 33.0. The zero-order valence-electron chi connectivity index (χ0n) is 42.4. The predicted molar refractivity (Wildman–Crippen MR) is 275 cm³/mol. The summed E-state index contributed by atoms with van der Waals surface area (Å²) < 4.78 is 54.2. The number of allylic oxidation sites excluding steroid dienone is 10. The van der Waals surface area contributed by atoms with Gasteiger partial charge in [-0.25, -0.2) is 0 Å². The average molecular weight is 981 g/mol. The molecule has 1 aliphatic heterocycles. The molecule has 0 bridgehead atoms. The number of rotatable bonds is 45. The molecule has 1 rings (SSSR count). The van der Waals surface area contributed by atoms with Crippen LogP contribution < -0.4 is 0 Å². The SMILES string of the molecule is CCCCC/C=C/C/C=C/C/C=C/C/C=C/CCCC(=O)OC[C@H](CO[C@H]1O[C@H](CS(=O)(=O)O)[C@@H](O)C(O)C1O)OC(=O)CCC/C=C/CCCCCCCCCCCCCCCCCCCC. The van der Waals surface area contributed by atoms with Crippen LogP contribution in [0.5, 0.6) is 0 Å². The van der Waals surface area contributed by atoms with Crippen LogP contribution in [0.4, 0.5) is 0 Å². The number of unbranched alkanes of at least 4 members (excludes halogenated alkanes) is 23. The van der Waals surface area contributed by atoms with E-state index in [9.17, 15) is 37.9 Å². The van der Waals surface area contributed by atoms with Crippen molar-refractivity contribution in [3.05, 3.63) is 60.8 Å². The van der Waals surface area contributed by atoms with E-state index >= 15 is 0 Å². The van der Waals surface area contributed by atoms with E-state index < -0.39 is 71.2 Å². The monoisotopic (exact) mass is 981 g/mol. The summed E-state index contributed by atoms with van der Waals surface area (Å²) in [5.41, 5.74) is 0. The number of aliphatic hydroxyl groups excluding tert-OH is 3. The second kappa shape index (κ2) is 44.3. The maximum atomic E-state index is 12.9. The first-order valence-corrected chi connectivity index (χ1v) is 28.5. The van der Waals surface area contributed by atoms with Crippen LogP contribution in [0.15, 0.2) is 60.8 Å². The molecule has 0 aromatic heterocycles. The number of esters is 2. The van der Waals surface area contributed by atoms with Crippen molar-refractivity contribution < 1.29 is 56.8 Å². The van der Waals surface area contributed by atoms with Crippen LogP contribution in [0, 0.1) is 0 Å². The minimum absolute atomic E-state index is 0.104. The van der Waals surface area contributed by atoms with E-state index in [0.717, 1.165) is 38.5 Å². The molecule has 0 aliphatic carbocycles. The van der Waals surface area contributed by atoms with Gasteiger partial charge >= 0.3 is 11.9 Å². The number of carbonyl (C=O) groups excluding carboxylic acids is 2. The molecule has 0 amide bonds. The van der Waals surface area contributed by atoms with Crippen LogP contribution in [0.1, 0.15) is 219 Å². The maximum Gasteiger partial charge on any atom is 0.306 e. The molecule has 12 nitrogen and oxygen atoms in total. The minimum Gasteiger partial charge on any atom is -0.462 e. The van der Waals surface area contributed by atoms with Crippen LogP contribution in [0.25, 0.3) is 0 Å². The van der Waals surface area contributed by atoms with E-state index in [-0.39, 0.29) is 19.4 Å². The minimum atomic E-state index is -4.62. The Balaban J connectivity index is 2.39. The average Bonchev–Trinajstić information content (AvgIpc) is 3.31. The van der Waals surface area contributed by atoms with E-state index in [0.29, 0.717) is 25.7 Å². The third kappa shape index (κ3) is 38.1. The Morgan fingerprint density at radius 2 is 0.882 bits per heavy atom. The van der Waals surface area contributed by atoms with Crippen LogP contribution in [-0.2, 0) is 38.7 Å². The van der Waals surface area contributed by atoms with E-state index in [4.69, 9.17) is 18.9 Å². The van der Waals surface area contributed by atoms with Gasteiger partial charge in [0.15, 0.2) is 12.4 Å². The van der Waals surface area contributed by atoms with Crippen molar-refractivity contribution in [2.45, 2.75) is 256 Å². The van der Waals surface area contributed by atoms with Gasteiger partial charge in [-0.15, -0.1) is 0 Å². The number of hydrogen-bond acceptors (Lipinski definition) is 11. The Labute approximate surface area is 413 Å². The molecule has 0 aromatic carbocycles. The lowest BCUT2D eigenvalue weighted by Gasteiger charge is -2.40. The number of carbonyl (C=O) groups is 2. The lowest BCUT2D eigenvalue weighted by Crippen LogP contribution is -2.60. The highest BCUT2D eigenvalue weighted by atomic mass is 32.2. The summed E-state index contributed by atoms with van der Waals surface area (Å²) in [4.78, 5) is 25.5. The molecule has 1 saturated heterocycles. The van der Waals surface area contributed by atoms with Crippen molar-refractivity contribution >= 4 is 22.1 Å². The highest BCUT2D eigenvalue weighted by molar-refractivity contribution is 7.85. The zero-order chi connectivity index (χ0) is 49.8. The van der Waals surface area contributed by atoms with Gasteiger partial charge in [-0.2, -0.15) is 8.42 Å². The van der Waals surface area contributed by atoms with Crippen molar-refractivity contribution in [3.63, 3.8) is 0 Å². The Morgan fingerprint density at radius 3 is 1.35 bits per heavy atom. The van der Waals surface area contributed by atoms with Crippen molar-refractivity contribution in [2.24, 2.45) is 0 Å². The Hall–Kier alpha value is -2.65. The van der Waals surface area contributed by atoms with E-state index in [1.807, 2.05) is 12.2 Å². The highest BCUT2D eigenvalue weighted by Crippen LogP contribution is 2.24. The molecular formula is C55H96O12S. The molecule has 4 N–H and O–H groups in total. The summed E-state index contributed by atoms with van der Waals surface area (Å²) in [5.74, 6) is -2.09. The second-order valence-electron chi connectivity index (χ2n) is 18.5. The van der Waals surface area contributed by atoms with Gasteiger partial charge in [-0.3, -0.25) is 14.1 Å². The first kappa shape index (κ1) is 63.4. The van der Waals surface area contributed by atoms with E-state index in [1.165, 1.54) is 128 Å². The lowest BCUT2D eigenvalue weighted by atomic mass is 10.00. The molecule has 0 radical (unpaired) electrons. The quantitative estimate of drug-likeness (QED) is 0.0196. The van der Waals surface area contributed by atoms with Crippen LogP contribution >= 0.6 is 0 Å². The van der Waals surface area contributed by atoms with Gasteiger partial charge in [0.1, 0.15) is 36.8 Å². The number of ether oxygens (including phenoxy) is 4. The standard InChI is InChI=1S/C55H96O12S/c1-3-5-7-9-11-13-15-17-19-21-22-23-24-25-26-28-30-32-34-36-38-40-42-44-51(57)66-48(46-65-55-54(60)53(59)52(58)49(67-55)47-68(61,62)63)45-64-50(56)43-41-39-37-35-33-31-29-27-20-18-16-14-12-10-8-6-4-2/h12,14,18,20,29,31,35-38,48-49,52-55,58-60H,3-11,13,15-17,19,21-28,30,32-34,39-47H2,1-2H3,(H,61,62,63)/b14-12+,20-18+,31-29+,37-35+,38-36+/t48-,49-,52-,53?,54?,55+/m1/s1. The number of hydrogen-bond donors (Lipinski definition) is 4. The smallest absolute Gasteiger partial charge is 0.306 e. The molecule has 1 aliphatic rings. The van der Waals surface area contributed by atoms with Gasteiger partial charge in [-0.05, 0) is 70.6 Å². The second-order valence-corrected chi connectivity index (χ2v) is 20.0. The van der Waals surface area contributed by atoms with Gasteiger partial charge in [0.2, 0.25) is 0 Å². The molecule has 2 unspecified atom stereocenters. The Bertz CT molecular complexity index is 1470. The van der Waals surface area contributed by atoms with Crippen molar-refractivity contribution in [1.29, 1.82) is 0 Å². The maximum absolute atomic E-state index is 12.9.